The quantitative estimate of drug-likeness (QED) is 0.634. The Bertz CT molecular complexity index is 1000. The summed E-state index contributed by atoms with van der Waals surface area (Å²) in [6.07, 6.45) is 0. The molecule has 3 aromatic rings. The van der Waals surface area contributed by atoms with Crippen LogP contribution in [-0.2, 0) is 11.3 Å². The third-order valence-corrected chi connectivity index (χ3v) is 4.59. The third-order valence-electron chi connectivity index (χ3n) is 4.59. The molecule has 4 rings (SSSR count). The van der Waals surface area contributed by atoms with Gasteiger partial charge in [0, 0.05) is 11.3 Å². The second kappa shape index (κ2) is 7.15. The van der Waals surface area contributed by atoms with Crippen molar-refractivity contribution in [1.82, 2.24) is 15.0 Å². The lowest BCUT2D eigenvalue weighted by Gasteiger charge is -2.18. The lowest BCUT2D eigenvalue weighted by molar-refractivity contribution is -0.127. The van der Waals surface area contributed by atoms with E-state index in [-0.39, 0.29) is 18.3 Å². The molecule has 1 aromatic heterocycles. The van der Waals surface area contributed by atoms with Crippen LogP contribution in [0.5, 0.6) is 5.75 Å². The maximum absolute atomic E-state index is 12.8. The number of anilines is 1. The van der Waals surface area contributed by atoms with Crippen LogP contribution in [0.2, 0.25) is 0 Å². The largest absolute Gasteiger partial charge is 0.497 e. The van der Waals surface area contributed by atoms with Gasteiger partial charge in [-0.3, -0.25) is 14.6 Å². The molecule has 1 aliphatic heterocycles. The van der Waals surface area contributed by atoms with Gasteiger partial charge in [0.2, 0.25) is 11.7 Å². The highest BCUT2D eigenvalue weighted by Crippen LogP contribution is 2.27. The highest BCUT2D eigenvalue weighted by molar-refractivity contribution is 6.13. The molecule has 1 saturated heterocycles. The van der Waals surface area contributed by atoms with Crippen molar-refractivity contribution in [3.8, 4) is 17.1 Å². The maximum Gasteiger partial charge on any atom is 0.332 e. The van der Waals surface area contributed by atoms with Gasteiger partial charge in [-0.2, -0.15) is 4.98 Å². The number of hydrogen-bond acceptors (Lipinski definition) is 6. The van der Waals surface area contributed by atoms with Gasteiger partial charge >= 0.3 is 6.03 Å². The summed E-state index contributed by atoms with van der Waals surface area (Å²) >= 11 is 0. The van der Waals surface area contributed by atoms with E-state index in [4.69, 9.17) is 9.26 Å². The fourth-order valence-electron chi connectivity index (χ4n) is 3.11. The average molecular weight is 378 g/mol. The Morgan fingerprint density at radius 3 is 2.46 bits per heavy atom. The van der Waals surface area contributed by atoms with Crippen LogP contribution in [0.4, 0.5) is 10.5 Å². The molecular weight excluding hydrogens is 360 g/mol. The number of hydrogen-bond donors (Lipinski definition) is 0. The van der Waals surface area contributed by atoms with E-state index in [0.29, 0.717) is 11.5 Å². The van der Waals surface area contributed by atoms with Crippen molar-refractivity contribution in [1.29, 1.82) is 0 Å². The van der Waals surface area contributed by atoms with Crippen molar-refractivity contribution in [2.45, 2.75) is 19.5 Å². The lowest BCUT2D eigenvalue weighted by atomic mass is 10.2. The number of carbonyl (C=O) groups is 2. The van der Waals surface area contributed by atoms with E-state index in [2.05, 4.69) is 10.1 Å². The Morgan fingerprint density at radius 1 is 1.07 bits per heavy atom. The number of urea groups is 1. The standard InChI is InChI=1S/C20H18N4O4/c1-13-19(25)23(20(26)24(13)15-6-4-3-5-7-15)12-17-21-18(22-28-17)14-8-10-16(27-2)11-9-14/h3-11,13H,12H2,1-2H3. The van der Waals surface area contributed by atoms with E-state index in [9.17, 15) is 9.59 Å². The third kappa shape index (κ3) is 3.09. The Balaban J connectivity index is 1.53. The van der Waals surface area contributed by atoms with Crippen LogP contribution in [0.1, 0.15) is 12.8 Å². The molecule has 1 unspecified atom stereocenters. The van der Waals surface area contributed by atoms with Gasteiger partial charge in [-0.05, 0) is 43.3 Å². The van der Waals surface area contributed by atoms with Crippen molar-refractivity contribution in [3.63, 3.8) is 0 Å². The molecule has 1 aliphatic rings. The van der Waals surface area contributed by atoms with Gasteiger partial charge in [-0.25, -0.2) is 4.79 Å². The van der Waals surface area contributed by atoms with Crippen molar-refractivity contribution in [3.05, 3.63) is 60.5 Å². The number of amides is 3. The van der Waals surface area contributed by atoms with E-state index in [1.165, 1.54) is 4.90 Å². The fourth-order valence-corrected chi connectivity index (χ4v) is 3.11. The Kier molecular flexibility index (Phi) is 4.52. The molecule has 2 heterocycles. The second-order valence-electron chi connectivity index (χ2n) is 6.33. The number of imide groups is 1. The molecule has 142 valence electrons. The average Bonchev–Trinajstić information content (AvgIpc) is 3.28. The number of nitrogens with zero attached hydrogens (tertiary/aromatic N) is 4. The number of aromatic nitrogens is 2. The molecule has 28 heavy (non-hydrogen) atoms. The van der Waals surface area contributed by atoms with E-state index in [1.807, 2.05) is 18.2 Å². The van der Waals surface area contributed by atoms with Crippen molar-refractivity contribution in [2.24, 2.45) is 0 Å². The minimum absolute atomic E-state index is 0.0749. The SMILES string of the molecule is COc1ccc(-c2noc(CN3C(=O)C(C)N(c4ccccc4)C3=O)n2)cc1. The Morgan fingerprint density at radius 2 is 1.79 bits per heavy atom. The smallest absolute Gasteiger partial charge is 0.332 e. The van der Waals surface area contributed by atoms with Crippen LogP contribution >= 0.6 is 0 Å². The van der Waals surface area contributed by atoms with Gasteiger partial charge in [0.15, 0.2) is 0 Å². The van der Waals surface area contributed by atoms with Crippen LogP contribution in [0, 0.1) is 0 Å². The molecule has 8 nitrogen and oxygen atoms in total. The lowest BCUT2D eigenvalue weighted by Crippen LogP contribution is -2.33. The molecule has 3 amide bonds. The summed E-state index contributed by atoms with van der Waals surface area (Å²) in [4.78, 5) is 32.3. The van der Waals surface area contributed by atoms with Gasteiger partial charge in [0.1, 0.15) is 18.3 Å². The summed E-state index contributed by atoms with van der Waals surface area (Å²) in [5, 5.41) is 3.94. The van der Waals surface area contributed by atoms with E-state index < -0.39 is 12.1 Å². The molecule has 1 fully saturated rings. The normalized spacial score (nSPS) is 16.7. The summed E-state index contributed by atoms with van der Waals surface area (Å²) in [5.41, 5.74) is 1.41. The van der Waals surface area contributed by atoms with Gasteiger partial charge in [-0.15, -0.1) is 0 Å². The minimum Gasteiger partial charge on any atom is -0.497 e. The molecule has 0 N–H and O–H groups in total. The number of methoxy groups -OCH3 is 1. The molecule has 8 heteroatoms. The predicted octanol–water partition coefficient (Wildman–Crippen LogP) is 3.10. The second-order valence-corrected chi connectivity index (χ2v) is 6.33. The molecule has 0 radical (unpaired) electrons. The van der Waals surface area contributed by atoms with Gasteiger partial charge in [0.05, 0.1) is 7.11 Å². The number of benzene rings is 2. The zero-order valence-corrected chi connectivity index (χ0v) is 15.4. The summed E-state index contributed by atoms with van der Waals surface area (Å²) in [6.45, 7) is 1.62. The van der Waals surface area contributed by atoms with Crippen LogP contribution in [0.25, 0.3) is 11.4 Å². The summed E-state index contributed by atoms with van der Waals surface area (Å²) in [6, 6.07) is 15.3. The van der Waals surface area contributed by atoms with Crippen LogP contribution in [0.3, 0.4) is 0 Å². The molecule has 0 spiro atoms. The number of carbonyl (C=O) groups excluding carboxylic acids is 2. The number of ether oxygens (including phenoxy) is 1. The summed E-state index contributed by atoms with van der Waals surface area (Å²) in [5.74, 6) is 0.980. The van der Waals surface area contributed by atoms with E-state index >= 15 is 0 Å². The monoisotopic (exact) mass is 378 g/mol. The van der Waals surface area contributed by atoms with E-state index in [0.717, 1.165) is 16.2 Å². The fraction of sp³-hybridized carbons (Fsp3) is 0.200. The minimum atomic E-state index is -0.598. The van der Waals surface area contributed by atoms with Gasteiger partial charge in [-0.1, -0.05) is 23.4 Å². The van der Waals surface area contributed by atoms with Crippen molar-refractivity contribution >= 4 is 17.6 Å². The molecule has 0 saturated carbocycles. The van der Waals surface area contributed by atoms with Crippen LogP contribution < -0.4 is 9.64 Å². The van der Waals surface area contributed by atoms with Crippen LogP contribution in [-0.4, -0.2) is 40.1 Å². The first-order valence-electron chi connectivity index (χ1n) is 8.75. The summed E-state index contributed by atoms with van der Waals surface area (Å²) < 4.78 is 10.4. The van der Waals surface area contributed by atoms with Gasteiger partial charge in [0.25, 0.3) is 5.91 Å². The van der Waals surface area contributed by atoms with Crippen LogP contribution in [0.15, 0.2) is 59.1 Å². The Hall–Kier alpha value is -3.68. The topological polar surface area (TPSA) is 88.8 Å². The van der Waals surface area contributed by atoms with Gasteiger partial charge < -0.3 is 9.26 Å². The highest BCUT2D eigenvalue weighted by atomic mass is 16.5. The number of para-hydroxylation sites is 1. The first-order valence-corrected chi connectivity index (χ1v) is 8.75. The first-order chi connectivity index (χ1) is 13.6. The molecule has 0 aliphatic carbocycles. The Labute approximate surface area is 161 Å². The molecule has 0 bridgehead atoms. The van der Waals surface area contributed by atoms with Crippen molar-refractivity contribution < 1.29 is 18.8 Å². The predicted molar refractivity (Wildman–Crippen MR) is 101 cm³/mol. The maximum atomic E-state index is 12.8. The molecule has 1 atom stereocenters. The zero-order valence-electron chi connectivity index (χ0n) is 15.4. The molecular formula is C20H18N4O4. The number of rotatable bonds is 5. The zero-order chi connectivity index (χ0) is 19.7. The first kappa shape index (κ1) is 17.7. The highest BCUT2D eigenvalue weighted by Gasteiger charge is 2.43. The van der Waals surface area contributed by atoms with Crippen molar-refractivity contribution in [2.75, 3.05) is 12.0 Å². The van der Waals surface area contributed by atoms with E-state index in [1.54, 1.807) is 50.4 Å². The summed E-state index contributed by atoms with van der Waals surface area (Å²) in [7, 11) is 1.59. The molecule has 2 aromatic carbocycles.